The molecule has 1 fully saturated rings. The first-order valence-electron chi connectivity index (χ1n) is 9.44. The van der Waals surface area contributed by atoms with E-state index in [4.69, 9.17) is 9.47 Å². The minimum absolute atomic E-state index is 0.186. The van der Waals surface area contributed by atoms with Crippen molar-refractivity contribution in [3.63, 3.8) is 0 Å². The van der Waals surface area contributed by atoms with Crippen molar-refractivity contribution in [2.24, 2.45) is 0 Å². The molecule has 1 unspecified atom stereocenters. The third kappa shape index (κ3) is 6.01. The van der Waals surface area contributed by atoms with Crippen LogP contribution in [0.5, 0.6) is 11.5 Å². The molecule has 0 bridgehead atoms. The van der Waals surface area contributed by atoms with Crippen LogP contribution in [0.15, 0.2) is 48.5 Å². The molecule has 29 heavy (non-hydrogen) atoms. The molecule has 1 N–H and O–H groups in total. The quantitative estimate of drug-likeness (QED) is 0.759. The Balaban J connectivity index is 1.42. The van der Waals surface area contributed by atoms with Gasteiger partial charge in [-0.15, -0.1) is 0 Å². The number of alkyl halides is 3. The molecule has 1 heterocycles. The second-order valence-electron chi connectivity index (χ2n) is 6.97. The topological polar surface area (TPSA) is 45.2 Å². The normalized spacial score (nSPS) is 16.5. The summed E-state index contributed by atoms with van der Waals surface area (Å²) in [6, 6.07) is 12.4. The van der Waals surface area contributed by atoms with Crippen molar-refractivity contribution in [2.75, 3.05) is 51.3 Å². The Kier molecular flexibility index (Phi) is 6.87. The van der Waals surface area contributed by atoms with E-state index in [9.17, 15) is 18.3 Å². The number of piperazine rings is 1. The number of anilines is 1. The van der Waals surface area contributed by atoms with Gasteiger partial charge in [-0.05, 0) is 48.5 Å². The number of β-amino-alcohol motifs (C(OH)–C–C–N with tert-alkyl or cyclic N) is 1. The molecule has 0 saturated carbocycles. The standard InChI is InChI=1S/C21H25F3N2O3/c1-28-19-6-8-20(9-7-19)29-15-18(27)14-25-10-12-26(13-11-25)17-4-2-16(3-5-17)21(22,23)24/h2-9,18,27H,10-15H2,1H3. The molecular weight excluding hydrogens is 385 g/mol. The van der Waals surface area contributed by atoms with Gasteiger partial charge < -0.3 is 19.5 Å². The van der Waals surface area contributed by atoms with Crippen molar-refractivity contribution >= 4 is 5.69 Å². The van der Waals surface area contributed by atoms with Gasteiger partial charge in [0.25, 0.3) is 0 Å². The van der Waals surface area contributed by atoms with E-state index < -0.39 is 17.8 Å². The van der Waals surface area contributed by atoms with Crippen LogP contribution in [-0.4, -0.2) is 62.6 Å². The molecule has 2 aromatic rings. The summed E-state index contributed by atoms with van der Waals surface area (Å²) < 4.78 is 48.7. The summed E-state index contributed by atoms with van der Waals surface area (Å²) in [5.74, 6) is 1.40. The SMILES string of the molecule is COc1ccc(OCC(O)CN2CCN(c3ccc(C(F)(F)F)cc3)CC2)cc1. The first kappa shape index (κ1) is 21.3. The van der Waals surface area contributed by atoms with Gasteiger partial charge >= 0.3 is 6.18 Å². The lowest BCUT2D eigenvalue weighted by molar-refractivity contribution is -0.137. The fourth-order valence-electron chi connectivity index (χ4n) is 3.26. The molecule has 158 valence electrons. The summed E-state index contributed by atoms with van der Waals surface area (Å²) in [5.41, 5.74) is 0.140. The average Bonchev–Trinajstić information content (AvgIpc) is 2.73. The molecule has 2 aromatic carbocycles. The molecule has 0 radical (unpaired) electrons. The van der Waals surface area contributed by atoms with E-state index in [1.165, 1.54) is 12.1 Å². The van der Waals surface area contributed by atoms with Crippen LogP contribution in [0.3, 0.4) is 0 Å². The molecular formula is C21H25F3N2O3. The lowest BCUT2D eigenvalue weighted by Gasteiger charge is -2.37. The van der Waals surface area contributed by atoms with E-state index >= 15 is 0 Å². The second-order valence-corrected chi connectivity index (χ2v) is 6.97. The number of ether oxygens (including phenoxy) is 2. The highest BCUT2D eigenvalue weighted by Crippen LogP contribution is 2.30. The summed E-state index contributed by atoms with van der Waals surface area (Å²) in [6.07, 6.45) is -4.95. The summed E-state index contributed by atoms with van der Waals surface area (Å²) in [4.78, 5) is 4.18. The predicted octanol–water partition coefficient (Wildman–Crippen LogP) is 3.28. The number of hydrogen-bond acceptors (Lipinski definition) is 5. The molecule has 3 rings (SSSR count). The fourth-order valence-corrected chi connectivity index (χ4v) is 3.26. The molecule has 1 saturated heterocycles. The maximum absolute atomic E-state index is 12.7. The number of methoxy groups -OCH3 is 1. The first-order valence-corrected chi connectivity index (χ1v) is 9.44. The highest BCUT2D eigenvalue weighted by molar-refractivity contribution is 5.48. The maximum Gasteiger partial charge on any atom is 0.416 e. The molecule has 1 atom stereocenters. The zero-order chi connectivity index (χ0) is 20.9. The van der Waals surface area contributed by atoms with Crippen LogP contribution in [0.2, 0.25) is 0 Å². The number of halogens is 3. The van der Waals surface area contributed by atoms with Crippen LogP contribution in [0.1, 0.15) is 5.56 Å². The van der Waals surface area contributed by atoms with Gasteiger partial charge in [-0.25, -0.2) is 0 Å². The monoisotopic (exact) mass is 410 g/mol. The number of aliphatic hydroxyl groups is 1. The van der Waals surface area contributed by atoms with Crippen LogP contribution in [0, 0.1) is 0 Å². The van der Waals surface area contributed by atoms with Crippen molar-refractivity contribution in [3.05, 3.63) is 54.1 Å². The molecule has 0 aromatic heterocycles. The van der Waals surface area contributed by atoms with Crippen LogP contribution in [-0.2, 0) is 6.18 Å². The molecule has 0 spiro atoms. The van der Waals surface area contributed by atoms with Crippen molar-refractivity contribution in [3.8, 4) is 11.5 Å². The number of nitrogens with zero attached hydrogens (tertiary/aromatic N) is 2. The Bertz CT molecular complexity index is 758. The smallest absolute Gasteiger partial charge is 0.416 e. The van der Waals surface area contributed by atoms with Crippen LogP contribution >= 0.6 is 0 Å². The zero-order valence-electron chi connectivity index (χ0n) is 16.2. The number of aliphatic hydroxyl groups excluding tert-OH is 1. The summed E-state index contributed by atoms with van der Waals surface area (Å²) >= 11 is 0. The molecule has 1 aliphatic heterocycles. The third-order valence-corrected chi connectivity index (χ3v) is 4.90. The summed E-state index contributed by atoms with van der Waals surface area (Å²) in [6.45, 7) is 3.50. The summed E-state index contributed by atoms with van der Waals surface area (Å²) in [5, 5.41) is 10.2. The van der Waals surface area contributed by atoms with Crippen molar-refractivity contribution in [1.29, 1.82) is 0 Å². The van der Waals surface area contributed by atoms with E-state index in [1.54, 1.807) is 31.4 Å². The minimum atomic E-state index is -4.32. The van der Waals surface area contributed by atoms with Gasteiger partial charge in [-0.1, -0.05) is 0 Å². The van der Waals surface area contributed by atoms with Crippen molar-refractivity contribution < 1.29 is 27.8 Å². The van der Waals surface area contributed by atoms with Crippen LogP contribution in [0.4, 0.5) is 18.9 Å². The molecule has 1 aliphatic rings. The Hall–Kier alpha value is -2.45. The Labute approximate surface area is 168 Å². The zero-order valence-corrected chi connectivity index (χ0v) is 16.2. The fraction of sp³-hybridized carbons (Fsp3) is 0.429. The maximum atomic E-state index is 12.7. The van der Waals surface area contributed by atoms with Gasteiger partial charge in [0.1, 0.15) is 24.2 Å². The van der Waals surface area contributed by atoms with Gasteiger partial charge in [-0.2, -0.15) is 13.2 Å². The van der Waals surface area contributed by atoms with E-state index in [0.717, 1.165) is 36.7 Å². The van der Waals surface area contributed by atoms with E-state index in [1.807, 2.05) is 0 Å². The van der Waals surface area contributed by atoms with Crippen molar-refractivity contribution in [2.45, 2.75) is 12.3 Å². The molecule has 0 aliphatic carbocycles. The van der Waals surface area contributed by atoms with Crippen LogP contribution < -0.4 is 14.4 Å². The Morgan fingerprint density at radius 1 is 0.931 bits per heavy atom. The van der Waals surface area contributed by atoms with Gasteiger partial charge in [0.15, 0.2) is 0 Å². The van der Waals surface area contributed by atoms with Crippen molar-refractivity contribution in [1.82, 2.24) is 4.90 Å². The summed E-state index contributed by atoms with van der Waals surface area (Å²) in [7, 11) is 1.59. The minimum Gasteiger partial charge on any atom is -0.497 e. The van der Waals surface area contributed by atoms with E-state index in [0.29, 0.717) is 25.4 Å². The highest BCUT2D eigenvalue weighted by Gasteiger charge is 2.30. The van der Waals surface area contributed by atoms with Crippen LogP contribution in [0.25, 0.3) is 0 Å². The molecule has 0 amide bonds. The number of rotatable bonds is 7. The molecule has 8 heteroatoms. The average molecular weight is 410 g/mol. The van der Waals surface area contributed by atoms with E-state index in [2.05, 4.69) is 9.80 Å². The van der Waals surface area contributed by atoms with E-state index in [-0.39, 0.29) is 6.61 Å². The third-order valence-electron chi connectivity index (χ3n) is 4.90. The highest BCUT2D eigenvalue weighted by atomic mass is 19.4. The first-order chi connectivity index (χ1) is 13.8. The predicted molar refractivity (Wildman–Crippen MR) is 105 cm³/mol. The lowest BCUT2D eigenvalue weighted by Crippen LogP contribution is -2.49. The largest absolute Gasteiger partial charge is 0.497 e. The van der Waals surface area contributed by atoms with Gasteiger partial charge in [0.2, 0.25) is 0 Å². The Morgan fingerprint density at radius 3 is 2.07 bits per heavy atom. The molecule has 5 nitrogen and oxygen atoms in total. The van der Waals surface area contributed by atoms with Gasteiger partial charge in [0.05, 0.1) is 12.7 Å². The number of hydrogen-bond donors (Lipinski definition) is 1. The van der Waals surface area contributed by atoms with Gasteiger partial charge in [-0.3, -0.25) is 4.90 Å². The lowest BCUT2D eigenvalue weighted by atomic mass is 10.1. The Morgan fingerprint density at radius 2 is 1.52 bits per heavy atom. The second kappa shape index (κ2) is 9.37. The van der Waals surface area contributed by atoms with Gasteiger partial charge in [0, 0.05) is 38.4 Å². The number of benzene rings is 2.